The number of ether oxygens (including phenoxy) is 4. The summed E-state index contributed by atoms with van der Waals surface area (Å²) in [6, 6.07) is 2.34. The molecule has 13 nitrogen and oxygen atoms in total. The summed E-state index contributed by atoms with van der Waals surface area (Å²) in [6.45, 7) is 10.7. The van der Waals surface area contributed by atoms with Gasteiger partial charge in [-0.25, -0.2) is 4.99 Å². The van der Waals surface area contributed by atoms with Gasteiger partial charge in [0.1, 0.15) is 42.4 Å². The van der Waals surface area contributed by atoms with Gasteiger partial charge in [-0.15, -0.1) is 0 Å². The summed E-state index contributed by atoms with van der Waals surface area (Å²) in [5.41, 5.74) is 4.16. The standard InChI is InChI=1S/C33H53N5O8/c1-7-8-16-44-32(4,5)31(42)38-29(36-19-34)22-14-15-24(37-22)33(6)28(40)27(45-30(41)26(35)20(2)3)23(46-33)18-43-25(39)17-21-12-10-9-11-13-21/h14-15,19-21,23,26-28,37,40H,7-13,16-18,35H2,1-6H3,(H2,34,36,38,42)/t23-,26+,27-,28-,33+/m1/s1. The van der Waals surface area contributed by atoms with Gasteiger partial charge in [-0.2, -0.15) is 0 Å². The second-order valence-electron chi connectivity index (χ2n) is 13.3. The summed E-state index contributed by atoms with van der Waals surface area (Å²) in [5, 5.41) is 21.8. The molecule has 1 aliphatic carbocycles. The third-order valence-corrected chi connectivity index (χ3v) is 8.88. The van der Waals surface area contributed by atoms with E-state index in [9.17, 15) is 19.5 Å². The maximum atomic E-state index is 13.1. The zero-order valence-electron chi connectivity index (χ0n) is 28.1. The fourth-order valence-corrected chi connectivity index (χ4v) is 5.66. The van der Waals surface area contributed by atoms with E-state index in [1.54, 1.807) is 46.8 Å². The Morgan fingerprint density at radius 1 is 1.26 bits per heavy atom. The summed E-state index contributed by atoms with van der Waals surface area (Å²) in [6.07, 6.45) is 4.62. The van der Waals surface area contributed by atoms with Crippen LogP contribution in [0.1, 0.15) is 104 Å². The molecule has 46 heavy (non-hydrogen) atoms. The van der Waals surface area contributed by atoms with Crippen LogP contribution in [0.15, 0.2) is 17.1 Å². The minimum absolute atomic E-state index is 0.0635. The Morgan fingerprint density at radius 2 is 1.96 bits per heavy atom. The van der Waals surface area contributed by atoms with Crippen LogP contribution in [-0.2, 0) is 38.9 Å². The van der Waals surface area contributed by atoms with Crippen LogP contribution in [0.2, 0.25) is 0 Å². The number of carbonyl (C=O) groups excluding carboxylic acids is 3. The quantitative estimate of drug-likeness (QED) is 0.0819. The monoisotopic (exact) mass is 647 g/mol. The highest BCUT2D eigenvalue weighted by molar-refractivity contribution is 6.10. The molecule has 0 unspecified atom stereocenters. The molecule has 258 valence electrons. The van der Waals surface area contributed by atoms with Gasteiger partial charge in [0.15, 0.2) is 11.9 Å². The molecule has 0 aromatic carbocycles. The molecule has 1 aromatic heterocycles. The number of aliphatic hydroxyl groups is 1. The molecule has 1 saturated carbocycles. The molecule has 2 fully saturated rings. The molecule has 3 rings (SSSR count). The second-order valence-corrected chi connectivity index (χ2v) is 13.3. The molecular formula is C33H53N5O8. The van der Waals surface area contributed by atoms with E-state index in [0.717, 1.165) is 44.9 Å². The van der Waals surface area contributed by atoms with Crippen LogP contribution in [-0.4, -0.2) is 83.3 Å². The van der Waals surface area contributed by atoms with Crippen LogP contribution in [0, 0.1) is 17.2 Å². The molecule has 0 spiro atoms. The van der Waals surface area contributed by atoms with Crippen molar-refractivity contribution >= 4 is 30.0 Å². The summed E-state index contributed by atoms with van der Waals surface area (Å²) in [7, 11) is 0. The Morgan fingerprint density at radius 3 is 2.59 bits per heavy atom. The first kappa shape index (κ1) is 37.3. The Balaban J connectivity index is 1.81. The van der Waals surface area contributed by atoms with Gasteiger partial charge in [0.05, 0.1) is 11.4 Å². The van der Waals surface area contributed by atoms with Gasteiger partial charge in [-0.05, 0) is 64.0 Å². The number of hydrogen-bond acceptors (Lipinski definition) is 10. The molecule has 5 atom stereocenters. The second kappa shape index (κ2) is 16.6. The number of unbranched alkanes of at least 4 members (excludes halogenated alkanes) is 1. The molecule has 6 N–H and O–H groups in total. The minimum Gasteiger partial charge on any atom is -0.463 e. The van der Waals surface area contributed by atoms with Crippen LogP contribution in [0.25, 0.3) is 0 Å². The zero-order chi connectivity index (χ0) is 34.1. The first-order valence-electron chi connectivity index (χ1n) is 16.4. The number of nitrogens with zero attached hydrogens (tertiary/aromatic N) is 1. The van der Waals surface area contributed by atoms with E-state index in [2.05, 4.69) is 15.3 Å². The van der Waals surface area contributed by atoms with Gasteiger partial charge in [0.2, 0.25) is 0 Å². The average molecular weight is 648 g/mol. The van der Waals surface area contributed by atoms with E-state index in [1.807, 2.05) is 6.92 Å². The van der Waals surface area contributed by atoms with Crippen molar-refractivity contribution in [3.63, 3.8) is 0 Å². The summed E-state index contributed by atoms with van der Waals surface area (Å²) >= 11 is 0. The van der Waals surface area contributed by atoms with Crippen LogP contribution in [0.4, 0.5) is 0 Å². The van der Waals surface area contributed by atoms with Gasteiger partial charge in [-0.1, -0.05) is 46.5 Å². The van der Waals surface area contributed by atoms with Crippen molar-refractivity contribution in [2.75, 3.05) is 13.2 Å². The molecular weight excluding hydrogens is 594 g/mol. The lowest BCUT2D eigenvalue weighted by Gasteiger charge is -2.28. The van der Waals surface area contributed by atoms with E-state index >= 15 is 0 Å². The first-order valence-corrected chi connectivity index (χ1v) is 16.4. The highest BCUT2D eigenvalue weighted by Gasteiger charge is 2.56. The zero-order valence-corrected chi connectivity index (χ0v) is 28.1. The smallest absolute Gasteiger partial charge is 0.323 e. The van der Waals surface area contributed by atoms with Crippen molar-refractivity contribution in [2.45, 2.75) is 128 Å². The van der Waals surface area contributed by atoms with E-state index in [0.29, 0.717) is 24.4 Å². The molecule has 0 radical (unpaired) electrons. The Hall–Kier alpha value is -3.13. The van der Waals surface area contributed by atoms with Crippen molar-refractivity contribution < 1.29 is 38.4 Å². The topological polar surface area (TPSA) is 198 Å². The van der Waals surface area contributed by atoms with Crippen LogP contribution >= 0.6 is 0 Å². The molecule has 13 heteroatoms. The van der Waals surface area contributed by atoms with Gasteiger partial charge in [-0.3, -0.25) is 19.8 Å². The molecule has 0 bridgehead atoms. The third kappa shape index (κ3) is 9.46. The number of nitrogens with two attached hydrogens (primary N) is 1. The van der Waals surface area contributed by atoms with E-state index in [-0.39, 0.29) is 30.2 Å². The number of amides is 1. The van der Waals surface area contributed by atoms with Crippen LogP contribution in [0.3, 0.4) is 0 Å². The number of aromatic nitrogens is 1. The normalized spacial score (nSPS) is 24.9. The lowest BCUT2D eigenvalue weighted by Crippen LogP contribution is -2.47. The number of aliphatic hydroxyl groups excluding tert-OH is 1. The third-order valence-electron chi connectivity index (χ3n) is 8.88. The highest BCUT2D eigenvalue weighted by Crippen LogP contribution is 2.41. The van der Waals surface area contributed by atoms with E-state index in [4.69, 9.17) is 30.1 Å². The number of hydrogen-bond donors (Lipinski definition) is 5. The highest BCUT2D eigenvalue weighted by atomic mass is 16.6. The maximum Gasteiger partial charge on any atom is 0.323 e. The average Bonchev–Trinajstić information content (AvgIpc) is 3.60. The predicted octanol–water partition coefficient (Wildman–Crippen LogP) is 3.46. The number of carbonyl (C=O) groups is 3. The summed E-state index contributed by atoms with van der Waals surface area (Å²) < 4.78 is 23.4. The molecule has 1 aromatic rings. The van der Waals surface area contributed by atoms with Crippen molar-refractivity contribution in [2.24, 2.45) is 22.6 Å². The van der Waals surface area contributed by atoms with Crippen molar-refractivity contribution in [3.8, 4) is 0 Å². The molecule has 2 aliphatic rings. The van der Waals surface area contributed by atoms with Crippen molar-refractivity contribution in [1.29, 1.82) is 5.41 Å². The van der Waals surface area contributed by atoms with Crippen molar-refractivity contribution in [1.82, 2.24) is 10.3 Å². The maximum absolute atomic E-state index is 13.1. The van der Waals surface area contributed by atoms with Crippen molar-refractivity contribution in [3.05, 3.63) is 23.5 Å². The number of aliphatic imine (C=N–C) groups is 1. The largest absolute Gasteiger partial charge is 0.463 e. The summed E-state index contributed by atoms with van der Waals surface area (Å²) in [4.78, 5) is 45.8. The Kier molecular flexibility index (Phi) is 13.5. The lowest BCUT2D eigenvalue weighted by atomic mass is 9.87. The SMILES string of the molecule is CCCCOC(C)(C)C(=O)N/C(=N/C=N)c1ccc([C@]2(C)O[C@H](COC(=O)CC3CCCCC3)[C@@H](OC(=O)[C@@H](N)C(C)C)[C@H]2O)[nH]1. The number of nitrogens with one attached hydrogen (secondary N) is 3. The fraction of sp³-hybridized carbons (Fsp3) is 0.727. The Bertz CT molecular complexity index is 1220. The molecule has 2 heterocycles. The number of amidine groups is 1. The van der Waals surface area contributed by atoms with Gasteiger partial charge >= 0.3 is 11.9 Å². The molecule has 1 amide bonds. The first-order chi connectivity index (χ1) is 21.7. The molecule has 1 aliphatic heterocycles. The van der Waals surface area contributed by atoms with Gasteiger partial charge < -0.3 is 40.1 Å². The Labute approximate surface area is 271 Å². The lowest BCUT2D eigenvalue weighted by molar-refractivity contribution is -0.162. The van der Waals surface area contributed by atoms with Gasteiger partial charge in [0.25, 0.3) is 5.91 Å². The minimum atomic E-state index is -1.45. The van der Waals surface area contributed by atoms with Crippen LogP contribution < -0.4 is 11.1 Å². The number of rotatable bonds is 15. The molecule has 1 saturated heterocycles. The number of H-pyrrole nitrogens is 1. The number of esters is 2. The van der Waals surface area contributed by atoms with Gasteiger partial charge in [0, 0.05) is 13.0 Å². The van der Waals surface area contributed by atoms with Crippen LogP contribution in [0.5, 0.6) is 0 Å². The number of aromatic amines is 1. The fourth-order valence-electron chi connectivity index (χ4n) is 5.66. The van der Waals surface area contributed by atoms with E-state index < -0.39 is 47.4 Å². The summed E-state index contributed by atoms with van der Waals surface area (Å²) in [5.74, 6) is -1.39. The van der Waals surface area contributed by atoms with E-state index in [1.165, 1.54) is 6.42 Å². The predicted molar refractivity (Wildman–Crippen MR) is 172 cm³/mol.